The first-order valence-electron chi connectivity index (χ1n) is 10.2. The molecule has 1 saturated carbocycles. The van der Waals surface area contributed by atoms with E-state index in [1.54, 1.807) is 4.90 Å². The van der Waals surface area contributed by atoms with E-state index in [2.05, 4.69) is 22.3 Å². The molecule has 1 unspecified atom stereocenters. The van der Waals surface area contributed by atoms with Crippen molar-refractivity contribution in [3.63, 3.8) is 0 Å². The average Bonchev–Trinajstić information content (AvgIpc) is 3.38. The Kier molecular flexibility index (Phi) is 4.46. The lowest BCUT2D eigenvalue weighted by Gasteiger charge is -2.38. The van der Waals surface area contributed by atoms with E-state index in [1.807, 2.05) is 41.3 Å². The molecule has 1 saturated heterocycles. The van der Waals surface area contributed by atoms with Gasteiger partial charge >= 0.3 is 0 Å². The van der Waals surface area contributed by atoms with Crippen LogP contribution >= 0.6 is 0 Å². The molecule has 2 fully saturated rings. The fourth-order valence-corrected chi connectivity index (χ4v) is 4.17. The summed E-state index contributed by atoms with van der Waals surface area (Å²) in [6.45, 7) is 2.98. The maximum absolute atomic E-state index is 12.3. The molecular weight excluding hydrogens is 368 g/mol. The zero-order valence-electron chi connectivity index (χ0n) is 16.3. The van der Waals surface area contributed by atoms with Gasteiger partial charge in [0.25, 0.3) is 5.91 Å². The molecule has 1 aliphatic carbocycles. The number of aliphatic hydroxyl groups is 2. The van der Waals surface area contributed by atoms with Crippen LogP contribution in [0.4, 0.5) is 17.1 Å². The predicted octanol–water partition coefficient (Wildman–Crippen LogP) is 1.87. The zero-order chi connectivity index (χ0) is 20.0. The first-order chi connectivity index (χ1) is 14.0. The highest BCUT2D eigenvalue weighted by molar-refractivity contribution is 5.88. The highest BCUT2D eigenvalue weighted by Crippen LogP contribution is 2.38. The van der Waals surface area contributed by atoms with Gasteiger partial charge in [-0.25, -0.2) is 0 Å². The zero-order valence-corrected chi connectivity index (χ0v) is 16.3. The lowest BCUT2D eigenvalue weighted by Crippen LogP contribution is -2.52. The van der Waals surface area contributed by atoms with E-state index in [1.165, 1.54) is 0 Å². The second kappa shape index (κ2) is 7.02. The summed E-state index contributed by atoms with van der Waals surface area (Å²) in [6.07, 6.45) is 0.435. The Bertz CT molecular complexity index is 905. The third-order valence-corrected chi connectivity index (χ3v) is 6.19. The molecule has 2 heterocycles. The van der Waals surface area contributed by atoms with Crippen LogP contribution in [0.1, 0.15) is 24.6 Å². The highest BCUT2D eigenvalue weighted by atomic mass is 16.3. The van der Waals surface area contributed by atoms with Crippen LogP contribution < -0.4 is 10.2 Å². The summed E-state index contributed by atoms with van der Waals surface area (Å²) in [6, 6.07) is 16.2. The quantitative estimate of drug-likeness (QED) is 0.735. The van der Waals surface area contributed by atoms with Gasteiger partial charge in [-0.2, -0.15) is 0 Å². The lowest BCUT2D eigenvalue weighted by atomic mass is 10.1. The molecule has 2 aliphatic heterocycles. The summed E-state index contributed by atoms with van der Waals surface area (Å²) >= 11 is 0. The number of carbonyl (C=O) groups is 1. The molecule has 1 atom stereocenters. The number of nitrogens with one attached hydrogen (secondary N) is 1. The molecule has 3 aliphatic rings. The predicted molar refractivity (Wildman–Crippen MR) is 111 cm³/mol. The van der Waals surface area contributed by atoms with Crippen molar-refractivity contribution in [1.82, 2.24) is 9.80 Å². The van der Waals surface area contributed by atoms with E-state index < -0.39 is 11.8 Å². The Balaban J connectivity index is 1.22. The maximum Gasteiger partial charge on any atom is 0.254 e. The van der Waals surface area contributed by atoms with Crippen molar-refractivity contribution < 1.29 is 15.0 Å². The number of hydrogen-bond donors (Lipinski definition) is 3. The van der Waals surface area contributed by atoms with Gasteiger partial charge in [-0.1, -0.05) is 24.3 Å². The van der Waals surface area contributed by atoms with Crippen LogP contribution in [-0.4, -0.2) is 64.4 Å². The monoisotopic (exact) mass is 394 g/mol. The number of hydrogen-bond acceptors (Lipinski definition) is 6. The normalized spacial score (nSPS) is 21.4. The molecule has 0 spiro atoms. The minimum Gasteiger partial charge on any atom is -0.380 e. The van der Waals surface area contributed by atoms with Crippen molar-refractivity contribution >= 4 is 23.0 Å². The van der Waals surface area contributed by atoms with Crippen molar-refractivity contribution in [2.75, 3.05) is 43.1 Å². The Morgan fingerprint density at radius 1 is 1.00 bits per heavy atom. The van der Waals surface area contributed by atoms with Crippen LogP contribution in [0.15, 0.2) is 48.5 Å². The van der Waals surface area contributed by atoms with Gasteiger partial charge in [0.05, 0.1) is 18.0 Å². The van der Waals surface area contributed by atoms with Crippen molar-refractivity contribution in [3.05, 3.63) is 54.1 Å². The number of nitrogens with zero attached hydrogens (tertiary/aromatic N) is 3. The lowest BCUT2D eigenvalue weighted by molar-refractivity contribution is -0.146. The number of anilines is 3. The van der Waals surface area contributed by atoms with Gasteiger partial charge in [0.2, 0.25) is 0 Å². The number of para-hydroxylation sites is 2. The van der Waals surface area contributed by atoms with Gasteiger partial charge in [-0.15, -0.1) is 0 Å². The van der Waals surface area contributed by atoms with E-state index in [9.17, 15) is 15.0 Å². The van der Waals surface area contributed by atoms with Crippen LogP contribution in [-0.2, 0) is 4.79 Å². The largest absolute Gasteiger partial charge is 0.380 e. The van der Waals surface area contributed by atoms with E-state index in [0.717, 1.165) is 29.3 Å². The smallest absolute Gasteiger partial charge is 0.254 e. The van der Waals surface area contributed by atoms with Crippen molar-refractivity contribution in [1.29, 1.82) is 0 Å². The Labute approximate surface area is 170 Å². The first kappa shape index (κ1) is 18.4. The van der Waals surface area contributed by atoms with Gasteiger partial charge in [-0.3, -0.25) is 9.69 Å². The van der Waals surface area contributed by atoms with Crippen LogP contribution in [0.5, 0.6) is 0 Å². The molecule has 0 radical (unpaired) electrons. The minimum absolute atomic E-state index is 0.157. The van der Waals surface area contributed by atoms with Crippen molar-refractivity contribution in [2.45, 2.75) is 24.7 Å². The molecular formula is C22H26N4O3. The van der Waals surface area contributed by atoms with Gasteiger partial charge in [0, 0.05) is 31.9 Å². The van der Waals surface area contributed by atoms with Crippen LogP contribution in [0.2, 0.25) is 0 Å². The number of aliphatic hydroxyl groups excluding tert-OH is 1. The number of fused-ring (bicyclic) bond motifs is 1. The van der Waals surface area contributed by atoms with Gasteiger partial charge in [-0.05, 0) is 42.7 Å². The molecule has 5 rings (SSSR count). The molecule has 7 nitrogen and oxygen atoms in total. The van der Waals surface area contributed by atoms with Crippen LogP contribution in [0.3, 0.4) is 0 Å². The topological polar surface area (TPSA) is 79.3 Å². The number of carbonyl (C=O) groups excluding carboxylic acids is 1. The molecule has 3 N–H and O–H groups in total. The SMILES string of the molecule is O=C(N1CCN(C(O)c2ccc(N3CNc4ccccc43)cc2)CC1)C1(O)CC1. The summed E-state index contributed by atoms with van der Waals surface area (Å²) in [5.41, 5.74) is 3.08. The maximum atomic E-state index is 12.3. The molecule has 0 bridgehead atoms. The van der Waals surface area contributed by atoms with Gasteiger partial charge in [0.15, 0.2) is 0 Å². The molecule has 29 heavy (non-hydrogen) atoms. The Morgan fingerprint density at radius 2 is 1.69 bits per heavy atom. The fourth-order valence-electron chi connectivity index (χ4n) is 4.17. The van der Waals surface area contributed by atoms with Crippen LogP contribution in [0, 0.1) is 0 Å². The first-order valence-corrected chi connectivity index (χ1v) is 10.2. The average molecular weight is 394 g/mol. The second-order valence-corrected chi connectivity index (χ2v) is 8.11. The summed E-state index contributed by atoms with van der Waals surface area (Å²) in [7, 11) is 0. The molecule has 0 aromatic heterocycles. The molecule has 2 aromatic carbocycles. The van der Waals surface area contributed by atoms with E-state index in [4.69, 9.17) is 0 Å². The molecule has 7 heteroatoms. The van der Waals surface area contributed by atoms with E-state index in [0.29, 0.717) is 39.0 Å². The number of piperazine rings is 1. The summed E-state index contributed by atoms with van der Waals surface area (Å²) in [4.78, 5) is 18.2. The van der Waals surface area contributed by atoms with Gasteiger partial charge in [0.1, 0.15) is 11.8 Å². The second-order valence-electron chi connectivity index (χ2n) is 8.11. The third kappa shape index (κ3) is 3.35. The van der Waals surface area contributed by atoms with Crippen molar-refractivity contribution in [2.24, 2.45) is 0 Å². The standard InChI is InChI=1S/C22H26N4O3/c27-20(24-11-13-25(14-12-24)21(28)22(29)9-10-22)16-5-7-17(8-6-16)26-15-23-18-3-1-2-4-19(18)26/h1-8,20,23,27,29H,9-15H2. The summed E-state index contributed by atoms with van der Waals surface area (Å²) in [5.74, 6) is -0.157. The Morgan fingerprint density at radius 3 is 2.38 bits per heavy atom. The van der Waals surface area contributed by atoms with Crippen molar-refractivity contribution in [3.8, 4) is 0 Å². The highest BCUT2D eigenvalue weighted by Gasteiger charge is 2.50. The van der Waals surface area contributed by atoms with Gasteiger partial charge < -0.3 is 25.3 Å². The summed E-state index contributed by atoms with van der Waals surface area (Å²) < 4.78 is 0. The van der Waals surface area contributed by atoms with E-state index in [-0.39, 0.29) is 5.91 Å². The van der Waals surface area contributed by atoms with E-state index >= 15 is 0 Å². The number of amides is 1. The fraction of sp³-hybridized carbons (Fsp3) is 0.409. The number of rotatable bonds is 4. The molecule has 2 aromatic rings. The van der Waals surface area contributed by atoms with Crippen LogP contribution in [0.25, 0.3) is 0 Å². The third-order valence-electron chi connectivity index (χ3n) is 6.19. The summed E-state index contributed by atoms with van der Waals surface area (Å²) in [5, 5.41) is 24.2. The number of benzene rings is 2. The molecule has 152 valence electrons. The molecule has 1 amide bonds. The minimum atomic E-state index is -1.11. The Hall–Kier alpha value is -2.61.